The fraction of sp³-hybridized carbons (Fsp3) is 0.200. The Balaban J connectivity index is 2.77. The van der Waals surface area contributed by atoms with Crippen molar-refractivity contribution in [2.45, 2.75) is 6.92 Å². The summed E-state index contributed by atoms with van der Waals surface area (Å²) in [6.45, 7) is 1.61. The molecule has 0 spiro atoms. The van der Waals surface area contributed by atoms with E-state index in [-0.39, 0.29) is 12.3 Å². The van der Waals surface area contributed by atoms with E-state index in [1.54, 1.807) is 11.6 Å². The molecule has 1 aromatic carbocycles. The van der Waals surface area contributed by atoms with Gasteiger partial charge in [0.2, 0.25) is 0 Å². The van der Waals surface area contributed by atoms with Gasteiger partial charge >= 0.3 is 16.3 Å². The van der Waals surface area contributed by atoms with Gasteiger partial charge < -0.3 is 4.74 Å². The second kappa shape index (κ2) is 5.88. The van der Waals surface area contributed by atoms with Crippen LogP contribution in [-0.4, -0.2) is 21.1 Å². The molecule has 7 nitrogen and oxygen atoms in total. The van der Waals surface area contributed by atoms with Gasteiger partial charge in [0, 0.05) is 0 Å². The Labute approximate surface area is 105 Å². The van der Waals surface area contributed by atoms with Crippen molar-refractivity contribution in [2.75, 3.05) is 11.3 Å². The molecule has 0 aliphatic heterocycles. The molecule has 96 valence electrons. The van der Waals surface area contributed by atoms with E-state index < -0.39 is 16.3 Å². The first-order valence-corrected chi connectivity index (χ1v) is 6.42. The molecule has 0 fully saturated rings. The third-order valence-electron chi connectivity index (χ3n) is 1.74. The van der Waals surface area contributed by atoms with Crippen LogP contribution in [0.2, 0.25) is 0 Å². The van der Waals surface area contributed by atoms with Crippen LogP contribution in [0, 0.1) is 11.3 Å². The van der Waals surface area contributed by atoms with Crippen LogP contribution < -0.4 is 9.44 Å². The molecule has 0 bridgehead atoms. The highest BCUT2D eigenvalue weighted by atomic mass is 32.2. The van der Waals surface area contributed by atoms with E-state index in [2.05, 4.69) is 9.46 Å². The Morgan fingerprint density at radius 3 is 2.83 bits per heavy atom. The summed E-state index contributed by atoms with van der Waals surface area (Å²) >= 11 is 0. The lowest BCUT2D eigenvalue weighted by molar-refractivity contribution is 0.159. The lowest BCUT2D eigenvalue weighted by atomic mass is 10.2. The molecule has 0 unspecified atom stereocenters. The van der Waals surface area contributed by atoms with E-state index in [4.69, 9.17) is 5.26 Å². The number of ether oxygens (including phenoxy) is 1. The number of rotatable bonds is 4. The Morgan fingerprint density at radius 1 is 1.50 bits per heavy atom. The standard InChI is InChI=1S/C10H11N3O4S/c1-2-17-10(14)13-18(15,16)12-9-5-3-4-8(6-9)7-11/h3-6,12H,2H2,1H3,(H,13,14). The number of hydrogen-bond acceptors (Lipinski definition) is 5. The van der Waals surface area contributed by atoms with Crippen molar-refractivity contribution >= 4 is 22.0 Å². The van der Waals surface area contributed by atoms with Crippen molar-refractivity contribution in [2.24, 2.45) is 0 Å². The average molecular weight is 269 g/mol. The van der Waals surface area contributed by atoms with Crippen LogP contribution in [0.25, 0.3) is 0 Å². The van der Waals surface area contributed by atoms with Gasteiger partial charge in [-0.05, 0) is 25.1 Å². The van der Waals surface area contributed by atoms with Crippen molar-refractivity contribution in [3.8, 4) is 6.07 Å². The number of anilines is 1. The molecule has 2 N–H and O–H groups in total. The second-order valence-corrected chi connectivity index (χ2v) is 4.54. The van der Waals surface area contributed by atoms with Crippen molar-refractivity contribution in [3.63, 3.8) is 0 Å². The van der Waals surface area contributed by atoms with Gasteiger partial charge in [0.15, 0.2) is 0 Å². The van der Waals surface area contributed by atoms with E-state index in [0.717, 1.165) is 0 Å². The zero-order valence-electron chi connectivity index (χ0n) is 9.50. The Hall–Kier alpha value is -2.27. The largest absolute Gasteiger partial charge is 0.449 e. The minimum absolute atomic E-state index is 0.0608. The average Bonchev–Trinajstić information content (AvgIpc) is 2.28. The quantitative estimate of drug-likeness (QED) is 0.846. The monoisotopic (exact) mass is 269 g/mol. The molecule has 1 amide bonds. The second-order valence-electron chi connectivity index (χ2n) is 3.12. The summed E-state index contributed by atoms with van der Waals surface area (Å²) in [5.74, 6) is 0. The molecule has 18 heavy (non-hydrogen) atoms. The highest BCUT2D eigenvalue weighted by molar-refractivity contribution is 7.91. The van der Waals surface area contributed by atoms with Crippen molar-refractivity contribution < 1.29 is 17.9 Å². The van der Waals surface area contributed by atoms with E-state index in [1.807, 2.05) is 6.07 Å². The number of benzene rings is 1. The summed E-state index contributed by atoms with van der Waals surface area (Å²) < 4.78 is 31.1. The first-order valence-electron chi connectivity index (χ1n) is 4.94. The lowest BCUT2D eigenvalue weighted by Crippen LogP contribution is -2.35. The minimum Gasteiger partial charge on any atom is -0.449 e. The van der Waals surface area contributed by atoms with Crippen LogP contribution in [0.15, 0.2) is 24.3 Å². The third kappa shape index (κ3) is 4.31. The van der Waals surface area contributed by atoms with Crippen LogP contribution in [-0.2, 0) is 14.9 Å². The molecule has 0 saturated heterocycles. The number of carbonyl (C=O) groups excluding carboxylic acids is 1. The van der Waals surface area contributed by atoms with Gasteiger partial charge in [0.05, 0.1) is 23.9 Å². The van der Waals surface area contributed by atoms with E-state index in [0.29, 0.717) is 5.56 Å². The van der Waals surface area contributed by atoms with Gasteiger partial charge in [-0.25, -0.2) is 9.52 Å². The zero-order valence-corrected chi connectivity index (χ0v) is 10.3. The van der Waals surface area contributed by atoms with Crippen molar-refractivity contribution in [1.29, 1.82) is 5.26 Å². The van der Waals surface area contributed by atoms with E-state index in [9.17, 15) is 13.2 Å². The zero-order chi connectivity index (χ0) is 13.6. The van der Waals surface area contributed by atoms with Gasteiger partial charge in [-0.2, -0.15) is 13.7 Å². The van der Waals surface area contributed by atoms with Gasteiger partial charge in [0.25, 0.3) is 0 Å². The summed E-state index contributed by atoms with van der Waals surface area (Å²) in [7, 11) is -4.06. The Morgan fingerprint density at radius 2 is 2.22 bits per heavy atom. The first kappa shape index (κ1) is 13.8. The Bertz CT molecular complexity index is 577. The molecular weight excluding hydrogens is 258 g/mol. The number of nitrogens with one attached hydrogen (secondary N) is 2. The van der Waals surface area contributed by atoms with Crippen LogP contribution in [0.5, 0.6) is 0 Å². The number of nitrogens with zero attached hydrogens (tertiary/aromatic N) is 1. The SMILES string of the molecule is CCOC(=O)NS(=O)(=O)Nc1cccc(C#N)c1. The molecule has 8 heteroatoms. The molecule has 0 aliphatic rings. The maximum atomic E-state index is 11.5. The topological polar surface area (TPSA) is 108 Å². The smallest absolute Gasteiger partial charge is 0.422 e. The molecule has 0 aromatic heterocycles. The molecule has 0 saturated carbocycles. The highest BCUT2D eigenvalue weighted by Gasteiger charge is 2.14. The number of nitriles is 1. The summed E-state index contributed by atoms with van der Waals surface area (Å²) in [4.78, 5) is 11.0. The molecule has 0 heterocycles. The normalized spacial score (nSPS) is 10.2. The highest BCUT2D eigenvalue weighted by Crippen LogP contribution is 2.10. The minimum atomic E-state index is -4.06. The maximum Gasteiger partial charge on any atom is 0.422 e. The van der Waals surface area contributed by atoms with Crippen molar-refractivity contribution in [1.82, 2.24) is 4.72 Å². The summed E-state index contributed by atoms with van der Waals surface area (Å²) in [5, 5.41) is 8.66. The molecule has 0 atom stereocenters. The number of amides is 1. The predicted molar refractivity (Wildman–Crippen MR) is 63.9 cm³/mol. The van der Waals surface area contributed by atoms with Crippen LogP contribution >= 0.6 is 0 Å². The lowest BCUT2D eigenvalue weighted by Gasteiger charge is -2.09. The van der Waals surface area contributed by atoms with Gasteiger partial charge in [-0.15, -0.1) is 0 Å². The number of carbonyl (C=O) groups is 1. The van der Waals surface area contributed by atoms with Crippen LogP contribution in [0.3, 0.4) is 0 Å². The third-order valence-corrected chi connectivity index (χ3v) is 2.68. The van der Waals surface area contributed by atoms with E-state index in [1.165, 1.54) is 24.3 Å². The van der Waals surface area contributed by atoms with Gasteiger partial charge in [0.1, 0.15) is 0 Å². The summed E-state index contributed by atoms with van der Waals surface area (Å²) in [5.41, 5.74) is 0.470. The fourth-order valence-electron chi connectivity index (χ4n) is 1.10. The fourth-order valence-corrected chi connectivity index (χ4v) is 1.87. The molecule has 0 radical (unpaired) electrons. The number of hydrogen-bond donors (Lipinski definition) is 2. The van der Waals surface area contributed by atoms with Crippen LogP contribution in [0.4, 0.5) is 10.5 Å². The van der Waals surface area contributed by atoms with Crippen molar-refractivity contribution in [3.05, 3.63) is 29.8 Å². The van der Waals surface area contributed by atoms with Gasteiger partial charge in [-0.1, -0.05) is 6.07 Å². The maximum absolute atomic E-state index is 11.5. The van der Waals surface area contributed by atoms with Gasteiger partial charge in [-0.3, -0.25) is 4.72 Å². The molecule has 1 rings (SSSR count). The predicted octanol–water partition coefficient (Wildman–Crippen LogP) is 0.961. The van der Waals surface area contributed by atoms with E-state index >= 15 is 0 Å². The molecule has 0 aliphatic carbocycles. The molecule has 1 aromatic rings. The van der Waals surface area contributed by atoms with Crippen LogP contribution in [0.1, 0.15) is 12.5 Å². The summed E-state index contributed by atoms with van der Waals surface area (Å²) in [6, 6.07) is 7.69. The first-order chi connectivity index (χ1) is 8.46. The summed E-state index contributed by atoms with van der Waals surface area (Å²) in [6.07, 6.45) is -1.07. The Kier molecular flexibility index (Phi) is 4.51. The molecular formula is C10H11N3O4S.